The molecule has 0 aromatic carbocycles. The van der Waals surface area contributed by atoms with Crippen molar-refractivity contribution < 1.29 is 16.9 Å². The first-order valence-electron chi connectivity index (χ1n) is 6.75. The molecule has 0 fully saturated rings. The van der Waals surface area contributed by atoms with E-state index in [1.165, 1.54) is 56.7 Å². The van der Waals surface area contributed by atoms with Gasteiger partial charge >= 0.3 is 0 Å². The highest BCUT2D eigenvalue weighted by molar-refractivity contribution is 4.52. The van der Waals surface area contributed by atoms with E-state index >= 15 is 0 Å². The summed E-state index contributed by atoms with van der Waals surface area (Å²) in [7, 11) is 0. The highest BCUT2D eigenvalue weighted by Crippen LogP contribution is 2.07. The van der Waals surface area contributed by atoms with E-state index < -0.39 is 0 Å². The van der Waals surface area contributed by atoms with Crippen LogP contribution in [0.1, 0.15) is 41.0 Å². The summed E-state index contributed by atoms with van der Waals surface area (Å²) in [6, 6.07) is 0. The van der Waals surface area contributed by atoms with E-state index in [-0.39, 0.29) is 12.4 Å². The second-order valence-electron chi connectivity index (χ2n) is 4.39. The largest absolute Gasteiger partial charge is 1.00 e. The van der Waals surface area contributed by atoms with Gasteiger partial charge in [0.15, 0.2) is 0 Å². The summed E-state index contributed by atoms with van der Waals surface area (Å²) < 4.78 is 1.29. The molecule has 0 bridgehead atoms. The molecular formula is C13H31ClN2. The van der Waals surface area contributed by atoms with Gasteiger partial charge in [0, 0.05) is 13.0 Å². The van der Waals surface area contributed by atoms with Crippen LogP contribution in [0.15, 0.2) is 0 Å². The highest BCUT2D eigenvalue weighted by Gasteiger charge is 2.19. The first-order valence-corrected chi connectivity index (χ1v) is 6.75. The average molecular weight is 251 g/mol. The van der Waals surface area contributed by atoms with E-state index in [0.717, 1.165) is 0 Å². The van der Waals surface area contributed by atoms with Crippen LogP contribution in [0, 0.1) is 0 Å². The summed E-state index contributed by atoms with van der Waals surface area (Å²) in [6.45, 7) is 20.3. The van der Waals surface area contributed by atoms with E-state index in [0.29, 0.717) is 0 Å². The Hall–Kier alpha value is 0.210. The van der Waals surface area contributed by atoms with Gasteiger partial charge in [-0.15, -0.1) is 0 Å². The molecule has 0 N–H and O–H groups in total. The lowest BCUT2D eigenvalue weighted by molar-refractivity contribution is -0.923. The van der Waals surface area contributed by atoms with Crippen LogP contribution in [0.4, 0.5) is 0 Å². The van der Waals surface area contributed by atoms with E-state index in [1.807, 2.05) is 0 Å². The number of halogens is 1. The molecule has 0 rings (SSSR count). The third-order valence-electron chi connectivity index (χ3n) is 4.01. The highest BCUT2D eigenvalue weighted by atomic mass is 35.5. The molecule has 100 valence electrons. The van der Waals surface area contributed by atoms with Gasteiger partial charge in [-0.1, -0.05) is 13.8 Å². The van der Waals surface area contributed by atoms with Crippen molar-refractivity contribution >= 4 is 0 Å². The molecule has 16 heavy (non-hydrogen) atoms. The molecule has 0 spiro atoms. The van der Waals surface area contributed by atoms with Crippen molar-refractivity contribution in [3.63, 3.8) is 0 Å². The summed E-state index contributed by atoms with van der Waals surface area (Å²) in [5.41, 5.74) is 0. The van der Waals surface area contributed by atoms with E-state index in [1.54, 1.807) is 0 Å². The van der Waals surface area contributed by atoms with Gasteiger partial charge in [0.2, 0.25) is 0 Å². The topological polar surface area (TPSA) is 3.24 Å². The van der Waals surface area contributed by atoms with Crippen LogP contribution in [0.5, 0.6) is 0 Å². The van der Waals surface area contributed by atoms with Crippen LogP contribution in [-0.4, -0.2) is 55.2 Å². The summed E-state index contributed by atoms with van der Waals surface area (Å²) in [6.07, 6.45) is 1.34. The van der Waals surface area contributed by atoms with Crippen molar-refractivity contribution in [2.75, 3.05) is 45.8 Å². The molecular weight excluding hydrogens is 220 g/mol. The van der Waals surface area contributed by atoms with Crippen LogP contribution in [0.25, 0.3) is 0 Å². The molecule has 0 unspecified atom stereocenters. The Labute approximate surface area is 109 Å². The number of rotatable bonds is 9. The minimum absolute atomic E-state index is 0. The fourth-order valence-corrected chi connectivity index (χ4v) is 2.31. The quantitative estimate of drug-likeness (QED) is 0.504. The smallest absolute Gasteiger partial charge is 0.0798 e. The van der Waals surface area contributed by atoms with Gasteiger partial charge in [-0.05, 0) is 33.9 Å². The van der Waals surface area contributed by atoms with Crippen LogP contribution in [0.3, 0.4) is 0 Å². The second-order valence-corrected chi connectivity index (χ2v) is 4.39. The Morgan fingerprint density at radius 3 is 1.56 bits per heavy atom. The predicted octanol–water partition coefficient (Wildman–Crippen LogP) is -0.401. The maximum atomic E-state index is 2.52. The third-order valence-corrected chi connectivity index (χ3v) is 4.01. The monoisotopic (exact) mass is 250 g/mol. The normalized spacial score (nSPS) is 11.6. The zero-order chi connectivity index (χ0) is 11.7. The Kier molecular flexibility index (Phi) is 12.0. The number of hydrogen-bond acceptors (Lipinski definition) is 1. The van der Waals surface area contributed by atoms with Crippen molar-refractivity contribution in [2.24, 2.45) is 0 Å². The maximum absolute atomic E-state index is 2.52. The van der Waals surface area contributed by atoms with E-state index in [4.69, 9.17) is 0 Å². The minimum Gasteiger partial charge on any atom is -1.00 e. The van der Waals surface area contributed by atoms with Gasteiger partial charge in [0.1, 0.15) is 0 Å². The van der Waals surface area contributed by atoms with Crippen LogP contribution in [0.2, 0.25) is 0 Å². The zero-order valence-electron chi connectivity index (χ0n) is 11.9. The molecule has 0 aliphatic carbocycles. The second kappa shape index (κ2) is 10.4. The minimum atomic E-state index is 0. The predicted molar refractivity (Wildman–Crippen MR) is 69.2 cm³/mol. The first-order chi connectivity index (χ1) is 7.17. The van der Waals surface area contributed by atoms with Gasteiger partial charge < -0.3 is 21.8 Å². The third kappa shape index (κ3) is 6.07. The molecule has 0 aromatic heterocycles. The van der Waals surface area contributed by atoms with E-state index in [9.17, 15) is 0 Å². The Balaban J connectivity index is 0. The van der Waals surface area contributed by atoms with Crippen molar-refractivity contribution in [3.8, 4) is 0 Å². The molecule has 0 aromatic rings. The first kappa shape index (κ1) is 18.6. The molecule has 0 saturated heterocycles. The maximum Gasteiger partial charge on any atom is 0.0798 e. The zero-order valence-corrected chi connectivity index (χ0v) is 12.7. The van der Waals surface area contributed by atoms with Gasteiger partial charge in [-0.2, -0.15) is 0 Å². The van der Waals surface area contributed by atoms with Crippen LogP contribution >= 0.6 is 0 Å². The summed E-state index contributed by atoms with van der Waals surface area (Å²) in [4.78, 5) is 2.52. The molecule has 0 aliphatic rings. The Morgan fingerprint density at radius 2 is 1.25 bits per heavy atom. The van der Waals surface area contributed by atoms with E-state index in [2.05, 4.69) is 39.5 Å². The lowest BCUT2D eigenvalue weighted by Crippen LogP contribution is -3.00. The lowest BCUT2D eigenvalue weighted by Gasteiger charge is -2.36. The molecule has 0 heterocycles. The SMILES string of the molecule is CCN(CC)CCC[N+](CC)(CC)CC.[Cl-]. The Morgan fingerprint density at radius 1 is 0.812 bits per heavy atom. The van der Waals surface area contributed by atoms with Crippen molar-refractivity contribution in [2.45, 2.75) is 41.0 Å². The fraction of sp³-hybridized carbons (Fsp3) is 1.00. The molecule has 0 saturated carbocycles. The lowest BCUT2D eigenvalue weighted by atomic mass is 10.2. The van der Waals surface area contributed by atoms with Crippen LogP contribution in [-0.2, 0) is 0 Å². The average Bonchev–Trinajstić information content (AvgIpc) is 2.31. The molecule has 2 nitrogen and oxygen atoms in total. The Bertz CT molecular complexity index is 135. The number of quaternary nitrogens is 1. The molecule has 0 aliphatic heterocycles. The standard InChI is InChI=1S/C13H31N2.ClH/c1-6-14(7-2)12-11-13-15(8-3,9-4)10-5;/h6-13H2,1-5H3;1H/q+1;/p-1. The summed E-state index contributed by atoms with van der Waals surface area (Å²) >= 11 is 0. The number of nitrogens with zero attached hydrogens (tertiary/aromatic N) is 2. The fourth-order valence-electron chi connectivity index (χ4n) is 2.31. The summed E-state index contributed by atoms with van der Waals surface area (Å²) in [5, 5.41) is 0. The van der Waals surface area contributed by atoms with Gasteiger partial charge in [0.25, 0.3) is 0 Å². The van der Waals surface area contributed by atoms with Crippen LogP contribution < -0.4 is 12.4 Å². The van der Waals surface area contributed by atoms with Gasteiger partial charge in [-0.25, -0.2) is 0 Å². The molecule has 0 radical (unpaired) electrons. The molecule has 3 heteroatoms. The number of hydrogen-bond donors (Lipinski definition) is 0. The van der Waals surface area contributed by atoms with Crippen molar-refractivity contribution in [1.82, 2.24) is 4.90 Å². The van der Waals surface area contributed by atoms with Crippen molar-refractivity contribution in [1.29, 1.82) is 0 Å². The molecule has 0 amide bonds. The van der Waals surface area contributed by atoms with Gasteiger partial charge in [-0.3, -0.25) is 0 Å². The molecule has 0 atom stereocenters. The van der Waals surface area contributed by atoms with Crippen molar-refractivity contribution in [3.05, 3.63) is 0 Å². The van der Waals surface area contributed by atoms with Gasteiger partial charge in [0.05, 0.1) is 26.2 Å². The summed E-state index contributed by atoms with van der Waals surface area (Å²) in [5.74, 6) is 0.